The summed E-state index contributed by atoms with van der Waals surface area (Å²) in [7, 11) is 0. The van der Waals surface area contributed by atoms with Crippen LogP contribution in [0.15, 0.2) is 60.7 Å². The molecule has 174 valence electrons. The zero-order valence-corrected chi connectivity index (χ0v) is 17.7. The number of hydrogen-bond acceptors (Lipinski definition) is 7. The molecule has 2 amide bonds. The molecule has 3 N–H and O–H groups in total. The molecule has 0 aromatic heterocycles. The third-order valence-corrected chi connectivity index (χ3v) is 4.91. The van der Waals surface area contributed by atoms with Crippen molar-refractivity contribution < 1.29 is 28.4 Å². The number of nitro benzene ring substituents is 1. The summed E-state index contributed by atoms with van der Waals surface area (Å²) in [4.78, 5) is 35.7. The molecule has 0 radical (unpaired) electrons. The molecule has 0 spiro atoms. The normalized spacial score (nSPS) is 11.7. The molecule has 10 nitrogen and oxygen atoms in total. The topological polar surface area (TPSA) is 132 Å². The molecule has 0 bridgehead atoms. The van der Waals surface area contributed by atoms with Gasteiger partial charge in [-0.25, -0.2) is 4.39 Å². The second-order valence-electron chi connectivity index (χ2n) is 7.26. The van der Waals surface area contributed by atoms with E-state index < -0.39 is 22.6 Å². The summed E-state index contributed by atoms with van der Waals surface area (Å²) in [6.07, 6.45) is 0. The average Bonchev–Trinajstić information content (AvgIpc) is 3.28. The number of amides is 2. The van der Waals surface area contributed by atoms with Crippen LogP contribution in [0.3, 0.4) is 0 Å². The lowest BCUT2D eigenvalue weighted by atomic mass is 10.1. The van der Waals surface area contributed by atoms with E-state index in [1.165, 1.54) is 24.3 Å². The number of rotatable bonds is 8. The minimum absolute atomic E-state index is 0.0503. The fraction of sp³-hybridized carbons (Fsp3) is 0.130. The lowest BCUT2D eigenvalue weighted by molar-refractivity contribution is -0.384. The molecule has 3 aromatic rings. The molecule has 0 atom stereocenters. The number of non-ortho nitro benzene ring substituents is 1. The van der Waals surface area contributed by atoms with E-state index in [0.29, 0.717) is 18.0 Å². The van der Waals surface area contributed by atoms with Crippen LogP contribution in [0, 0.1) is 15.9 Å². The maximum Gasteiger partial charge on any atom is 0.270 e. The lowest BCUT2D eigenvalue weighted by Crippen LogP contribution is -2.28. The summed E-state index contributed by atoms with van der Waals surface area (Å²) in [6, 6.07) is 14.3. The molecule has 3 aromatic carbocycles. The third kappa shape index (κ3) is 5.27. The van der Waals surface area contributed by atoms with E-state index in [4.69, 9.17) is 9.47 Å². The molecular weight excluding hydrogens is 447 g/mol. The van der Waals surface area contributed by atoms with E-state index in [0.717, 1.165) is 23.8 Å². The van der Waals surface area contributed by atoms with Gasteiger partial charge in [-0.3, -0.25) is 19.7 Å². The Balaban J connectivity index is 1.43. The van der Waals surface area contributed by atoms with Crippen molar-refractivity contribution in [2.45, 2.75) is 6.54 Å². The molecule has 0 fully saturated rings. The highest BCUT2D eigenvalue weighted by Gasteiger charge is 2.19. The van der Waals surface area contributed by atoms with Crippen LogP contribution in [-0.4, -0.2) is 30.1 Å². The molecule has 11 heteroatoms. The summed E-state index contributed by atoms with van der Waals surface area (Å²) >= 11 is 0. The number of carbonyl (C=O) groups is 2. The number of hydrogen-bond donors (Lipinski definition) is 3. The van der Waals surface area contributed by atoms with Crippen molar-refractivity contribution in [3.8, 4) is 11.5 Å². The van der Waals surface area contributed by atoms with Crippen molar-refractivity contribution in [3.63, 3.8) is 0 Å². The van der Waals surface area contributed by atoms with Gasteiger partial charge in [0.05, 0.1) is 28.4 Å². The Labute approximate surface area is 192 Å². The second-order valence-corrected chi connectivity index (χ2v) is 7.26. The first-order valence-electron chi connectivity index (χ1n) is 10.1. The molecule has 1 aliphatic heterocycles. The van der Waals surface area contributed by atoms with Crippen molar-refractivity contribution in [2.75, 3.05) is 24.0 Å². The Morgan fingerprint density at radius 1 is 0.971 bits per heavy atom. The number of fused-ring (bicyclic) bond motifs is 1. The fourth-order valence-electron chi connectivity index (χ4n) is 3.26. The molecule has 0 unspecified atom stereocenters. The number of benzene rings is 3. The van der Waals surface area contributed by atoms with E-state index in [9.17, 15) is 24.1 Å². The van der Waals surface area contributed by atoms with Gasteiger partial charge >= 0.3 is 0 Å². The van der Waals surface area contributed by atoms with Gasteiger partial charge < -0.3 is 25.4 Å². The summed E-state index contributed by atoms with van der Waals surface area (Å²) in [5.41, 5.74) is 0.299. The summed E-state index contributed by atoms with van der Waals surface area (Å²) < 4.78 is 24.5. The van der Waals surface area contributed by atoms with Crippen LogP contribution < -0.4 is 25.4 Å². The predicted octanol–water partition coefficient (Wildman–Crippen LogP) is 3.44. The number of halogens is 1. The zero-order valence-electron chi connectivity index (χ0n) is 17.7. The van der Waals surface area contributed by atoms with Gasteiger partial charge in [0.2, 0.25) is 12.7 Å². The van der Waals surface area contributed by atoms with Crippen LogP contribution in [0.5, 0.6) is 11.5 Å². The third-order valence-electron chi connectivity index (χ3n) is 4.91. The van der Waals surface area contributed by atoms with E-state index in [2.05, 4.69) is 16.0 Å². The van der Waals surface area contributed by atoms with Crippen LogP contribution >= 0.6 is 0 Å². The Morgan fingerprint density at radius 2 is 1.76 bits per heavy atom. The first-order valence-corrected chi connectivity index (χ1v) is 10.1. The quantitative estimate of drug-likeness (QED) is 0.342. The number of carbonyl (C=O) groups excluding carboxylic acids is 2. The van der Waals surface area contributed by atoms with Gasteiger partial charge in [-0.05, 0) is 35.9 Å². The van der Waals surface area contributed by atoms with Gasteiger partial charge in [-0.2, -0.15) is 0 Å². The van der Waals surface area contributed by atoms with Gasteiger partial charge in [0.1, 0.15) is 5.82 Å². The highest BCUT2D eigenvalue weighted by Crippen LogP contribution is 2.32. The largest absolute Gasteiger partial charge is 0.454 e. The Morgan fingerprint density at radius 3 is 2.56 bits per heavy atom. The van der Waals surface area contributed by atoms with Crippen molar-refractivity contribution in [3.05, 3.63) is 87.7 Å². The van der Waals surface area contributed by atoms with Crippen LogP contribution in [0.25, 0.3) is 0 Å². The Kier molecular flexibility index (Phi) is 6.64. The Hall–Kier alpha value is -4.51. The van der Waals surface area contributed by atoms with Crippen LogP contribution in [0.1, 0.15) is 15.9 Å². The molecule has 1 aliphatic rings. The highest BCUT2D eigenvalue weighted by molar-refractivity contribution is 6.10. The molecule has 34 heavy (non-hydrogen) atoms. The smallest absolute Gasteiger partial charge is 0.270 e. The maximum atomic E-state index is 13.9. The van der Waals surface area contributed by atoms with Gasteiger partial charge in [0.15, 0.2) is 11.5 Å². The van der Waals surface area contributed by atoms with E-state index in [-0.39, 0.29) is 36.0 Å². The van der Waals surface area contributed by atoms with Gasteiger partial charge in [-0.1, -0.05) is 18.2 Å². The number of para-hydroxylation sites is 1. The number of ether oxygens (including phenoxy) is 2. The standard InChI is InChI=1S/C23H19FN4O6/c24-17-3-1-2-4-19(17)27-23(30)16-10-15(28(31)32)6-7-18(16)26-22(29)12-25-11-14-5-8-20-21(9-14)34-13-33-20/h1-10,25H,11-13H2,(H,26,29)(H,27,30). The molecule has 0 aliphatic carbocycles. The van der Waals surface area contributed by atoms with Crippen molar-refractivity contribution in [1.82, 2.24) is 5.32 Å². The molecule has 0 saturated carbocycles. The number of nitrogens with zero attached hydrogens (tertiary/aromatic N) is 1. The number of nitro groups is 1. The highest BCUT2D eigenvalue weighted by atomic mass is 19.1. The van der Waals surface area contributed by atoms with Crippen LogP contribution in [0.4, 0.5) is 21.5 Å². The van der Waals surface area contributed by atoms with Crippen LogP contribution in [-0.2, 0) is 11.3 Å². The minimum Gasteiger partial charge on any atom is -0.454 e. The molecule has 0 saturated heterocycles. The predicted molar refractivity (Wildman–Crippen MR) is 120 cm³/mol. The average molecular weight is 466 g/mol. The van der Waals surface area contributed by atoms with E-state index in [1.54, 1.807) is 12.1 Å². The number of nitrogens with one attached hydrogen (secondary N) is 3. The first-order chi connectivity index (χ1) is 16.4. The van der Waals surface area contributed by atoms with Gasteiger partial charge in [-0.15, -0.1) is 0 Å². The first kappa shape index (κ1) is 22.7. The van der Waals surface area contributed by atoms with Gasteiger partial charge in [0.25, 0.3) is 11.6 Å². The van der Waals surface area contributed by atoms with Crippen molar-refractivity contribution in [2.24, 2.45) is 0 Å². The van der Waals surface area contributed by atoms with Gasteiger partial charge in [0, 0.05) is 18.7 Å². The fourth-order valence-corrected chi connectivity index (χ4v) is 3.26. The monoisotopic (exact) mass is 466 g/mol. The number of anilines is 2. The summed E-state index contributed by atoms with van der Waals surface area (Å²) in [5, 5.41) is 19.1. The van der Waals surface area contributed by atoms with Crippen molar-refractivity contribution >= 4 is 28.9 Å². The Bertz CT molecular complexity index is 1270. The SMILES string of the molecule is O=C(CNCc1ccc2c(c1)OCO2)Nc1ccc([N+](=O)[O-])cc1C(=O)Nc1ccccc1F. The van der Waals surface area contributed by atoms with Crippen LogP contribution in [0.2, 0.25) is 0 Å². The van der Waals surface area contributed by atoms with Crippen molar-refractivity contribution in [1.29, 1.82) is 0 Å². The molecule has 1 heterocycles. The second kappa shape index (κ2) is 9.96. The molecule has 4 rings (SSSR count). The minimum atomic E-state index is -0.808. The molecular formula is C23H19FN4O6. The van der Waals surface area contributed by atoms with E-state index >= 15 is 0 Å². The van der Waals surface area contributed by atoms with E-state index in [1.807, 2.05) is 6.07 Å². The maximum absolute atomic E-state index is 13.9. The zero-order chi connectivity index (χ0) is 24.1. The lowest BCUT2D eigenvalue weighted by Gasteiger charge is -2.12. The summed E-state index contributed by atoms with van der Waals surface area (Å²) in [5.74, 6) is -0.674. The summed E-state index contributed by atoms with van der Waals surface area (Å²) in [6.45, 7) is 0.432.